The Hall–Kier alpha value is -5.82. The zero-order valence-corrected chi connectivity index (χ0v) is 26.6. The number of rotatable bonds is 2. The van der Waals surface area contributed by atoms with Crippen molar-refractivity contribution in [3.8, 4) is 11.8 Å². The van der Waals surface area contributed by atoms with Gasteiger partial charge in [0, 0.05) is 23.2 Å². The predicted octanol–water partition coefficient (Wildman–Crippen LogP) is 9.22. The summed E-state index contributed by atoms with van der Waals surface area (Å²) in [6.45, 7) is 9.20. The second-order valence-electron chi connectivity index (χ2n) is 13.7. The highest BCUT2D eigenvalue weighted by atomic mass is 16.5. The average molecular weight is 613 g/mol. The number of hydrogen-bond donors (Lipinski definition) is 0. The zero-order valence-electron chi connectivity index (χ0n) is 26.6. The minimum absolute atomic E-state index is 0.195. The van der Waals surface area contributed by atoms with Crippen LogP contribution in [0.15, 0.2) is 97.3 Å². The topological polar surface area (TPSA) is 53.7 Å². The van der Waals surface area contributed by atoms with E-state index in [-0.39, 0.29) is 10.8 Å². The van der Waals surface area contributed by atoms with Crippen LogP contribution < -0.4 is 4.74 Å². The Kier molecular flexibility index (Phi) is 5.01. The van der Waals surface area contributed by atoms with E-state index in [1.165, 1.54) is 33.4 Å². The van der Waals surface area contributed by atoms with E-state index >= 15 is 0 Å². The van der Waals surface area contributed by atoms with Crippen LogP contribution >= 0.6 is 0 Å². The first kappa shape index (κ1) is 26.4. The van der Waals surface area contributed by atoms with Gasteiger partial charge in [-0.1, -0.05) is 100 Å². The van der Waals surface area contributed by atoms with E-state index in [1.54, 1.807) is 0 Å². The molecule has 0 spiro atoms. The Labute approximate surface area is 271 Å². The summed E-state index contributed by atoms with van der Waals surface area (Å²) in [6, 6.07) is 30.3. The van der Waals surface area contributed by atoms with E-state index in [9.17, 15) is 0 Å². The highest BCUT2D eigenvalue weighted by Gasteiger charge is 2.32. The molecule has 0 bridgehead atoms. The molecule has 4 aromatic carbocycles. The molecule has 8 aromatic rings. The van der Waals surface area contributed by atoms with Gasteiger partial charge in [-0.25, -0.2) is 0 Å². The summed E-state index contributed by atoms with van der Waals surface area (Å²) < 4.78 is 15.0. The van der Waals surface area contributed by atoms with Crippen LogP contribution in [0.5, 0.6) is 11.8 Å². The maximum absolute atomic E-state index is 6.43. The third-order valence-corrected chi connectivity index (χ3v) is 10.4. The standard InChI is InChI=1S/C40H32N6O/c1-39(2)27-13-7-5-11-25(27)19-21-43-35-29(39)15-9-17-31(35)45-23-33(41-37(43)45)47-34-24-46-32-18-10-16-30-36(32)44(38(46)42-34)22-20-26-12-6-8-14-28(26)40(30,3)4/h5-24H,1-4H3. The minimum atomic E-state index is -0.195. The second-order valence-corrected chi connectivity index (χ2v) is 13.7. The lowest BCUT2D eigenvalue weighted by molar-refractivity contribution is 0.450. The summed E-state index contributed by atoms with van der Waals surface area (Å²) in [5, 5.41) is 0. The van der Waals surface area contributed by atoms with Gasteiger partial charge in [0.05, 0.1) is 34.5 Å². The number of para-hydroxylation sites is 2. The highest BCUT2D eigenvalue weighted by Crippen LogP contribution is 2.43. The number of aromatic nitrogens is 6. The molecule has 0 fully saturated rings. The van der Waals surface area contributed by atoms with Crippen LogP contribution in [0.25, 0.3) is 58.2 Å². The van der Waals surface area contributed by atoms with Gasteiger partial charge >= 0.3 is 0 Å². The summed E-state index contributed by atoms with van der Waals surface area (Å²) >= 11 is 0. The molecule has 0 saturated heterocycles. The molecule has 7 nitrogen and oxygen atoms in total. The number of hydrogen-bond acceptors (Lipinski definition) is 3. The lowest BCUT2D eigenvalue weighted by atomic mass is 9.75. The zero-order chi connectivity index (χ0) is 31.7. The van der Waals surface area contributed by atoms with Crippen molar-refractivity contribution in [2.75, 3.05) is 0 Å². The van der Waals surface area contributed by atoms with Crippen molar-refractivity contribution in [1.29, 1.82) is 0 Å². The van der Waals surface area contributed by atoms with Crippen molar-refractivity contribution in [3.05, 3.63) is 131 Å². The summed E-state index contributed by atoms with van der Waals surface area (Å²) in [7, 11) is 0. The monoisotopic (exact) mass is 612 g/mol. The quantitative estimate of drug-likeness (QED) is 0.196. The Balaban J connectivity index is 1.11. The van der Waals surface area contributed by atoms with Crippen molar-refractivity contribution < 1.29 is 4.74 Å². The average Bonchev–Trinajstić information content (AvgIpc) is 3.81. The molecule has 7 heteroatoms. The molecule has 4 aromatic heterocycles. The third kappa shape index (κ3) is 3.46. The van der Waals surface area contributed by atoms with Gasteiger partial charge in [-0.05, 0) is 57.7 Å². The van der Waals surface area contributed by atoms with Crippen LogP contribution in [0.1, 0.15) is 61.1 Å². The molecule has 0 N–H and O–H groups in total. The molecule has 0 aliphatic carbocycles. The normalized spacial score (nSPS) is 15.8. The molecule has 6 heterocycles. The van der Waals surface area contributed by atoms with Crippen LogP contribution in [0.3, 0.4) is 0 Å². The molecule has 0 radical (unpaired) electrons. The van der Waals surface area contributed by atoms with E-state index < -0.39 is 0 Å². The molecular weight excluding hydrogens is 580 g/mol. The molecule has 0 saturated carbocycles. The Morgan fingerprint density at radius 2 is 0.936 bits per heavy atom. The van der Waals surface area contributed by atoms with Crippen LogP contribution in [-0.4, -0.2) is 27.9 Å². The van der Waals surface area contributed by atoms with Gasteiger partial charge in [0.15, 0.2) is 0 Å². The number of nitrogens with zero attached hydrogens (tertiary/aromatic N) is 6. The van der Waals surface area contributed by atoms with Crippen LogP contribution in [0.4, 0.5) is 0 Å². The Morgan fingerprint density at radius 1 is 0.511 bits per heavy atom. The van der Waals surface area contributed by atoms with Gasteiger partial charge in [0.2, 0.25) is 23.3 Å². The fourth-order valence-electron chi connectivity index (χ4n) is 8.07. The van der Waals surface area contributed by atoms with Crippen LogP contribution in [-0.2, 0) is 10.8 Å². The van der Waals surface area contributed by atoms with E-state index in [2.05, 4.69) is 155 Å². The molecule has 0 atom stereocenters. The van der Waals surface area contributed by atoms with Gasteiger partial charge in [-0.15, -0.1) is 0 Å². The summed E-state index contributed by atoms with van der Waals surface area (Å²) in [4.78, 5) is 10.0. The molecule has 10 rings (SSSR count). The van der Waals surface area contributed by atoms with Gasteiger partial charge in [0.25, 0.3) is 0 Å². The van der Waals surface area contributed by atoms with Crippen LogP contribution in [0.2, 0.25) is 0 Å². The van der Waals surface area contributed by atoms with Crippen molar-refractivity contribution in [3.63, 3.8) is 0 Å². The van der Waals surface area contributed by atoms with Gasteiger partial charge in [0.1, 0.15) is 0 Å². The smallest absolute Gasteiger partial charge is 0.241 e. The van der Waals surface area contributed by atoms with E-state index in [0.29, 0.717) is 11.8 Å². The number of imidazole rings is 4. The van der Waals surface area contributed by atoms with E-state index in [1.807, 2.05) is 12.4 Å². The Bertz CT molecular complexity index is 2490. The lowest BCUT2D eigenvalue weighted by Gasteiger charge is -2.30. The second kappa shape index (κ2) is 8.91. The highest BCUT2D eigenvalue weighted by molar-refractivity contribution is 5.92. The summed E-state index contributed by atoms with van der Waals surface area (Å²) in [6.07, 6.45) is 12.6. The number of fused-ring (bicyclic) bond motifs is 8. The first-order chi connectivity index (χ1) is 22.8. The molecular formula is C40H32N6O. The van der Waals surface area contributed by atoms with E-state index in [0.717, 1.165) is 33.6 Å². The molecule has 228 valence electrons. The molecule has 0 amide bonds. The summed E-state index contributed by atoms with van der Waals surface area (Å²) in [5.74, 6) is 2.58. The van der Waals surface area contributed by atoms with Gasteiger partial charge < -0.3 is 4.74 Å². The fourth-order valence-corrected chi connectivity index (χ4v) is 8.07. The summed E-state index contributed by atoms with van der Waals surface area (Å²) in [5.41, 5.74) is 11.6. The lowest BCUT2D eigenvalue weighted by Crippen LogP contribution is -2.22. The van der Waals surface area contributed by atoms with Gasteiger partial charge in [-0.3, -0.25) is 17.9 Å². The number of ether oxygens (including phenoxy) is 1. The van der Waals surface area contributed by atoms with Gasteiger partial charge in [-0.2, -0.15) is 9.97 Å². The largest absolute Gasteiger partial charge is 0.417 e. The minimum Gasteiger partial charge on any atom is -0.417 e. The maximum atomic E-state index is 6.43. The van der Waals surface area contributed by atoms with Crippen molar-refractivity contribution in [2.45, 2.75) is 38.5 Å². The van der Waals surface area contributed by atoms with Crippen molar-refractivity contribution in [1.82, 2.24) is 27.9 Å². The predicted molar refractivity (Wildman–Crippen MR) is 189 cm³/mol. The first-order valence-electron chi connectivity index (χ1n) is 16.1. The SMILES string of the molecule is CC1(C)c2ccccc2C=Cn2c3c1cccc3n1cc(Oc3cn4c5cccc6c5n(c4n3)C=Cc3ccccc3C6(C)C)nc21. The maximum Gasteiger partial charge on any atom is 0.241 e. The van der Waals surface area contributed by atoms with Crippen molar-refractivity contribution in [2.24, 2.45) is 0 Å². The third-order valence-electron chi connectivity index (χ3n) is 10.4. The molecule has 2 aliphatic rings. The Morgan fingerprint density at radius 3 is 1.40 bits per heavy atom. The van der Waals surface area contributed by atoms with Crippen LogP contribution in [0, 0.1) is 0 Å². The first-order valence-corrected chi connectivity index (χ1v) is 16.1. The van der Waals surface area contributed by atoms with E-state index in [4.69, 9.17) is 14.7 Å². The fraction of sp³-hybridized carbons (Fsp3) is 0.150. The molecule has 47 heavy (non-hydrogen) atoms. The number of benzene rings is 4. The molecule has 2 aliphatic heterocycles. The van der Waals surface area contributed by atoms with Crippen molar-refractivity contribution >= 4 is 58.2 Å². The molecule has 0 unspecified atom stereocenters.